The lowest BCUT2D eigenvalue weighted by molar-refractivity contribution is 0.0733. The van der Waals surface area contributed by atoms with E-state index < -0.39 is 0 Å². The number of hydrogen-bond donors (Lipinski definition) is 1. The van der Waals surface area contributed by atoms with Gasteiger partial charge in [-0.25, -0.2) is 0 Å². The molecule has 1 aliphatic rings. The number of rotatable bonds is 6. The first-order valence-corrected chi connectivity index (χ1v) is 8.96. The molecule has 2 heterocycles. The first kappa shape index (κ1) is 16.6. The van der Waals surface area contributed by atoms with Gasteiger partial charge in [0.1, 0.15) is 0 Å². The van der Waals surface area contributed by atoms with Crippen LogP contribution < -0.4 is 4.90 Å². The predicted octanol–water partition coefficient (Wildman–Crippen LogP) is 4.23. The molecular weight excluding hydrogens is 298 g/mol. The molecule has 0 aliphatic carbocycles. The Morgan fingerprint density at radius 3 is 2.75 bits per heavy atom. The number of amides is 1. The van der Waals surface area contributed by atoms with Crippen molar-refractivity contribution in [2.45, 2.75) is 38.6 Å². The topological polar surface area (TPSA) is 39.3 Å². The standard InChI is InChI=1S/C20H27N3O/c1-3-4-14-22(2)17-11-9-16(10-12-17)20(24)23-15-6-8-19(23)18-7-5-13-21-18/h5,7,9-13,19,21H,3-4,6,8,14-15H2,1-2H3. The van der Waals surface area contributed by atoms with Crippen LogP contribution in [-0.2, 0) is 0 Å². The van der Waals surface area contributed by atoms with Crippen molar-refractivity contribution in [3.63, 3.8) is 0 Å². The van der Waals surface area contributed by atoms with Gasteiger partial charge in [-0.15, -0.1) is 0 Å². The Bertz CT molecular complexity index is 648. The Labute approximate surface area is 144 Å². The van der Waals surface area contributed by atoms with Gasteiger partial charge in [0.2, 0.25) is 0 Å². The largest absolute Gasteiger partial charge is 0.375 e. The van der Waals surface area contributed by atoms with Gasteiger partial charge in [0.05, 0.1) is 6.04 Å². The third kappa shape index (κ3) is 3.48. The summed E-state index contributed by atoms with van der Waals surface area (Å²) in [6.07, 6.45) is 6.40. The van der Waals surface area contributed by atoms with E-state index in [9.17, 15) is 4.79 Å². The van der Waals surface area contributed by atoms with Crippen molar-refractivity contribution in [2.75, 3.05) is 25.0 Å². The van der Waals surface area contributed by atoms with E-state index in [-0.39, 0.29) is 11.9 Å². The summed E-state index contributed by atoms with van der Waals surface area (Å²) >= 11 is 0. The first-order chi connectivity index (χ1) is 11.7. The van der Waals surface area contributed by atoms with Crippen LogP contribution in [0.15, 0.2) is 42.6 Å². The number of hydrogen-bond acceptors (Lipinski definition) is 2. The molecule has 24 heavy (non-hydrogen) atoms. The lowest BCUT2D eigenvalue weighted by Crippen LogP contribution is -2.30. The molecule has 4 nitrogen and oxygen atoms in total. The summed E-state index contributed by atoms with van der Waals surface area (Å²) < 4.78 is 0. The van der Waals surface area contributed by atoms with E-state index in [1.165, 1.54) is 18.5 Å². The maximum atomic E-state index is 12.9. The zero-order valence-electron chi connectivity index (χ0n) is 14.7. The molecule has 1 aromatic carbocycles. The number of nitrogens with one attached hydrogen (secondary N) is 1. The van der Waals surface area contributed by atoms with Crippen LogP contribution in [0.5, 0.6) is 0 Å². The number of carbonyl (C=O) groups is 1. The molecule has 0 spiro atoms. The third-order valence-electron chi connectivity index (χ3n) is 4.90. The lowest BCUT2D eigenvalue weighted by Gasteiger charge is -2.25. The van der Waals surface area contributed by atoms with Crippen molar-refractivity contribution < 1.29 is 4.79 Å². The van der Waals surface area contributed by atoms with Gasteiger partial charge in [-0.05, 0) is 55.7 Å². The van der Waals surface area contributed by atoms with Gasteiger partial charge >= 0.3 is 0 Å². The van der Waals surface area contributed by atoms with Crippen LogP contribution in [0.25, 0.3) is 0 Å². The minimum Gasteiger partial charge on any atom is -0.375 e. The summed E-state index contributed by atoms with van der Waals surface area (Å²) in [6, 6.07) is 12.3. The highest BCUT2D eigenvalue weighted by Crippen LogP contribution is 2.32. The number of H-pyrrole nitrogens is 1. The Hall–Kier alpha value is -2.23. The highest BCUT2D eigenvalue weighted by molar-refractivity contribution is 5.95. The van der Waals surface area contributed by atoms with Gasteiger partial charge in [-0.3, -0.25) is 4.79 Å². The van der Waals surface area contributed by atoms with Crippen LogP contribution in [-0.4, -0.2) is 35.9 Å². The molecule has 1 N–H and O–H groups in total. The van der Waals surface area contributed by atoms with Crippen LogP contribution in [0.3, 0.4) is 0 Å². The second-order valence-corrected chi connectivity index (χ2v) is 6.60. The van der Waals surface area contributed by atoms with Gasteiger partial charge in [-0.1, -0.05) is 13.3 Å². The number of carbonyl (C=O) groups excluding carboxylic acids is 1. The Morgan fingerprint density at radius 1 is 1.29 bits per heavy atom. The fourth-order valence-electron chi connectivity index (χ4n) is 3.43. The second-order valence-electron chi connectivity index (χ2n) is 6.60. The molecule has 128 valence electrons. The fourth-order valence-corrected chi connectivity index (χ4v) is 3.43. The summed E-state index contributed by atoms with van der Waals surface area (Å²) in [5.41, 5.74) is 3.08. The fraction of sp³-hybridized carbons (Fsp3) is 0.450. The van der Waals surface area contributed by atoms with E-state index in [0.29, 0.717) is 0 Å². The molecule has 1 aromatic heterocycles. The molecule has 2 aromatic rings. The van der Waals surface area contributed by atoms with Crippen LogP contribution in [0, 0.1) is 0 Å². The van der Waals surface area contributed by atoms with Crippen molar-refractivity contribution in [2.24, 2.45) is 0 Å². The molecule has 1 atom stereocenters. The Morgan fingerprint density at radius 2 is 2.08 bits per heavy atom. The number of benzene rings is 1. The van der Waals surface area contributed by atoms with E-state index >= 15 is 0 Å². The highest BCUT2D eigenvalue weighted by Gasteiger charge is 2.31. The van der Waals surface area contributed by atoms with E-state index in [1.54, 1.807) is 0 Å². The smallest absolute Gasteiger partial charge is 0.254 e. The molecule has 4 heteroatoms. The summed E-state index contributed by atoms with van der Waals surface area (Å²) in [4.78, 5) is 20.4. The maximum Gasteiger partial charge on any atom is 0.254 e. The number of aromatic amines is 1. The number of aromatic nitrogens is 1. The van der Waals surface area contributed by atoms with E-state index in [2.05, 4.69) is 42.1 Å². The number of nitrogens with zero attached hydrogens (tertiary/aromatic N) is 2. The Balaban J connectivity index is 1.70. The van der Waals surface area contributed by atoms with Gasteiger partial charge in [-0.2, -0.15) is 0 Å². The van der Waals surface area contributed by atoms with Gasteiger partial charge in [0, 0.05) is 43.3 Å². The molecule has 1 fully saturated rings. The monoisotopic (exact) mass is 325 g/mol. The van der Waals surface area contributed by atoms with Crippen molar-refractivity contribution in [3.8, 4) is 0 Å². The van der Waals surface area contributed by atoms with E-state index in [1.807, 2.05) is 29.3 Å². The average molecular weight is 325 g/mol. The predicted molar refractivity (Wildman–Crippen MR) is 98.4 cm³/mol. The highest BCUT2D eigenvalue weighted by atomic mass is 16.2. The minimum absolute atomic E-state index is 0.134. The molecule has 0 radical (unpaired) electrons. The van der Waals surface area contributed by atoms with Crippen LogP contribution in [0.1, 0.15) is 54.7 Å². The van der Waals surface area contributed by atoms with E-state index in [4.69, 9.17) is 0 Å². The molecule has 1 saturated heterocycles. The maximum absolute atomic E-state index is 12.9. The summed E-state index contributed by atoms with van der Waals surface area (Å²) in [5, 5.41) is 0. The van der Waals surface area contributed by atoms with Crippen molar-refractivity contribution in [1.82, 2.24) is 9.88 Å². The minimum atomic E-state index is 0.134. The first-order valence-electron chi connectivity index (χ1n) is 8.96. The Kier molecular flexibility index (Phi) is 5.24. The zero-order valence-corrected chi connectivity index (χ0v) is 14.7. The lowest BCUT2D eigenvalue weighted by atomic mass is 10.1. The van der Waals surface area contributed by atoms with E-state index in [0.717, 1.165) is 37.2 Å². The average Bonchev–Trinajstić information content (AvgIpc) is 3.29. The van der Waals surface area contributed by atoms with Crippen LogP contribution in [0.2, 0.25) is 0 Å². The molecule has 1 amide bonds. The number of anilines is 1. The molecular formula is C20H27N3O. The molecule has 3 rings (SSSR count). The van der Waals surface area contributed by atoms with Crippen LogP contribution >= 0.6 is 0 Å². The van der Waals surface area contributed by atoms with Crippen molar-refractivity contribution in [1.29, 1.82) is 0 Å². The number of likely N-dealkylation sites (tertiary alicyclic amines) is 1. The quantitative estimate of drug-likeness (QED) is 0.863. The summed E-state index contributed by atoms with van der Waals surface area (Å²) in [5.74, 6) is 0.134. The van der Waals surface area contributed by atoms with Crippen LogP contribution in [0.4, 0.5) is 5.69 Å². The zero-order chi connectivity index (χ0) is 16.9. The van der Waals surface area contributed by atoms with Crippen molar-refractivity contribution >= 4 is 11.6 Å². The number of unbranched alkanes of at least 4 members (excludes halogenated alkanes) is 1. The normalized spacial score (nSPS) is 17.2. The molecule has 0 bridgehead atoms. The third-order valence-corrected chi connectivity index (χ3v) is 4.90. The molecule has 1 aliphatic heterocycles. The SMILES string of the molecule is CCCCN(C)c1ccc(C(=O)N2CCCC2c2ccc[nH]2)cc1. The van der Waals surface area contributed by atoms with Gasteiger partial charge < -0.3 is 14.8 Å². The van der Waals surface area contributed by atoms with Crippen molar-refractivity contribution in [3.05, 3.63) is 53.9 Å². The van der Waals surface area contributed by atoms with Gasteiger partial charge in [0.25, 0.3) is 5.91 Å². The second kappa shape index (κ2) is 7.56. The summed E-state index contributed by atoms with van der Waals surface area (Å²) in [7, 11) is 2.11. The summed E-state index contributed by atoms with van der Waals surface area (Å²) in [6.45, 7) is 4.08. The molecule has 0 saturated carbocycles. The van der Waals surface area contributed by atoms with Gasteiger partial charge in [0.15, 0.2) is 0 Å². The molecule has 1 unspecified atom stereocenters.